The van der Waals surface area contributed by atoms with Crippen molar-refractivity contribution in [3.8, 4) is 5.75 Å². The molecule has 128 valence electrons. The largest absolute Gasteiger partial charge is 0.497 e. The summed E-state index contributed by atoms with van der Waals surface area (Å²) in [5.41, 5.74) is 3.36. The average molecular weight is 326 g/mol. The second-order valence-corrected chi connectivity index (χ2v) is 5.90. The highest BCUT2D eigenvalue weighted by molar-refractivity contribution is 5.81. The fourth-order valence-corrected chi connectivity index (χ4v) is 2.70. The number of benzene rings is 2. The van der Waals surface area contributed by atoms with Crippen molar-refractivity contribution in [2.45, 2.75) is 20.4 Å². The Labute approximate surface area is 144 Å². The van der Waals surface area contributed by atoms with Crippen LogP contribution in [0, 0.1) is 6.92 Å². The zero-order valence-electron chi connectivity index (χ0n) is 15.0. The van der Waals surface area contributed by atoms with Crippen LogP contribution in [0.25, 0.3) is 0 Å². The summed E-state index contributed by atoms with van der Waals surface area (Å²) in [7, 11) is 3.49. The number of anilines is 1. The average Bonchev–Trinajstić information content (AvgIpc) is 2.60. The van der Waals surface area contributed by atoms with E-state index < -0.39 is 0 Å². The lowest BCUT2D eigenvalue weighted by molar-refractivity contribution is -0.128. The normalized spacial score (nSPS) is 10.3. The summed E-state index contributed by atoms with van der Waals surface area (Å²) in [4.78, 5) is 16.5. The van der Waals surface area contributed by atoms with E-state index in [0.717, 1.165) is 23.5 Å². The molecule has 4 nitrogen and oxygen atoms in total. The molecular weight excluding hydrogens is 300 g/mol. The summed E-state index contributed by atoms with van der Waals surface area (Å²) in [6.07, 6.45) is 0. The first kappa shape index (κ1) is 17.9. The third kappa shape index (κ3) is 4.51. The van der Waals surface area contributed by atoms with Crippen molar-refractivity contribution in [3.05, 3.63) is 59.7 Å². The second-order valence-electron chi connectivity index (χ2n) is 5.90. The van der Waals surface area contributed by atoms with Crippen LogP contribution in [-0.2, 0) is 11.3 Å². The molecule has 0 bridgehead atoms. The van der Waals surface area contributed by atoms with Gasteiger partial charge in [0.25, 0.3) is 0 Å². The topological polar surface area (TPSA) is 32.8 Å². The molecule has 0 unspecified atom stereocenters. The van der Waals surface area contributed by atoms with E-state index in [2.05, 4.69) is 30.9 Å². The van der Waals surface area contributed by atoms with Gasteiger partial charge in [-0.2, -0.15) is 0 Å². The van der Waals surface area contributed by atoms with Gasteiger partial charge in [-0.1, -0.05) is 30.3 Å². The number of carbonyl (C=O) groups excluding carboxylic acids is 1. The number of likely N-dealkylation sites (N-methyl/N-ethyl adjacent to an activating group) is 2. The number of para-hydroxylation sites is 1. The molecule has 2 aromatic carbocycles. The van der Waals surface area contributed by atoms with Crippen LogP contribution in [0.1, 0.15) is 18.1 Å². The molecule has 2 rings (SSSR count). The van der Waals surface area contributed by atoms with Crippen molar-refractivity contribution in [1.29, 1.82) is 0 Å². The number of carbonyl (C=O) groups is 1. The first-order valence-electron chi connectivity index (χ1n) is 8.22. The molecule has 4 heteroatoms. The molecule has 0 aromatic heterocycles. The van der Waals surface area contributed by atoms with Gasteiger partial charge in [0.15, 0.2) is 0 Å². The molecule has 1 amide bonds. The first-order chi connectivity index (χ1) is 11.5. The Morgan fingerprint density at radius 3 is 2.54 bits per heavy atom. The highest BCUT2D eigenvalue weighted by Crippen LogP contribution is 2.19. The fourth-order valence-electron chi connectivity index (χ4n) is 2.70. The minimum Gasteiger partial charge on any atom is -0.497 e. The van der Waals surface area contributed by atoms with Gasteiger partial charge in [-0.05, 0) is 43.2 Å². The highest BCUT2D eigenvalue weighted by atomic mass is 16.5. The number of ether oxygens (including phenoxy) is 1. The molecule has 24 heavy (non-hydrogen) atoms. The van der Waals surface area contributed by atoms with E-state index in [1.807, 2.05) is 43.4 Å². The minimum absolute atomic E-state index is 0.0999. The molecule has 0 N–H and O–H groups in total. The third-order valence-corrected chi connectivity index (χ3v) is 4.14. The number of rotatable bonds is 7. The standard InChI is InChI=1S/C20H26N2O2/c1-5-22(19-12-7-6-9-16(19)2)15-20(23)21(3)14-17-10-8-11-18(13-17)24-4/h6-13H,5,14-15H2,1-4H3. The molecule has 0 heterocycles. The van der Waals surface area contributed by atoms with E-state index in [-0.39, 0.29) is 5.91 Å². The number of methoxy groups -OCH3 is 1. The van der Waals surface area contributed by atoms with Crippen molar-refractivity contribution in [2.75, 3.05) is 32.1 Å². The quantitative estimate of drug-likeness (QED) is 0.781. The van der Waals surface area contributed by atoms with E-state index in [1.54, 1.807) is 12.0 Å². The predicted octanol–water partition coefficient (Wildman–Crippen LogP) is 3.49. The fraction of sp³-hybridized carbons (Fsp3) is 0.350. The molecule has 0 aliphatic carbocycles. The number of nitrogens with zero attached hydrogens (tertiary/aromatic N) is 2. The summed E-state index contributed by atoms with van der Waals surface area (Å²) in [5, 5.41) is 0. The van der Waals surface area contributed by atoms with Gasteiger partial charge in [0.1, 0.15) is 5.75 Å². The van der Waals surface area contributed by atoms with Gasteiger partial charge in [0.2, 0.25) is 5.91 Å². The molecule has 0 aliphatic heterocycles. The summed E-state index contributed by atoms with van der Waals surface area (Å²) in [6, 6.07) is 16.0. The van der Waals surface area contributed by atoms with Gasteiger partial charge >= 0.3 is 0 Å². The van der Waals surface area contributed by atoms with Crippen molar-refractivity contribution in [2.24, 2.45) is 0 Å². The molecule has 0 aliphatic rings. The molecule has 2 aromatic rings. The lowest BCUT2D eigenvalue weighted by Gasteiger charge is -2.27. The van der Waals surface area contributed by atoms with Crippen molar-refractivity contribution >= 4 is 11.6 Å². The Morgan fingerprint density at radius 1 is 1.12 bits per heavy atom. The molecule has 0 fully saturated rings. The van der Waals surface area contributed by atoms with Crippen LogP contribution in [0.4, 0.5) is 5.69 Å². The summed E-state index contributed by atoms with van der Waals surface area (Å²) in [5.74, 6) is 0.909. The summed E-state index contributed by atoms with van der Waals surface area (Å²) >= 11 is 0. The van der Waals surface area contributed by atoms with Crippen molar-refractivity contribution < 1.29 is 9.53 Å². The first-order valence-corrected chi connectivity index (χ1v) is 8.22. The zero-order chi connectivity index (χ0) is 17.5. The highest BCUT2D eigenvalue weighted by Gasteiger charge is 2.15. The summed E-state index contributed by atoms with van der Waals surface area (Å²) < 4.78 is 5.24. The van der Waals surface area contributed by atoms with Gasteiger partial charge in [0.05, 0.1) is 13.7 Å². The van der Waals surface area contributed by atoms with E-state index in [1.165, 1.54) is 5.56 Å². The molecule has 0 saturated heterocycles. The Bertz CT molecular complexity index is 685. The molecule has 0 atom stereocenters. The Morgan fingerprint density at radius 2 is 1.88 bits per heavy atom. The number of hydrogen-bond acceptors (Lipinski definition) is 3. The monoisotopic (exact) mass is 326 g/mol. The van der Waals surface area contributed by atoms with Gasteiger partial charge < -0.3 is 14.5 Å². The zero-order valence-corrected chi connectivity index (χ0v) is 15.0. The Balaban J connectivity index is 2.03. The lowest BCUT2D eigenvalue weighted by atomic mass is 10.1. The van der Waals surface area contributed by atoms with E-state index in [4.69, 9.17) is 4.74 Å². The maximum Gasteiger partial charge on any atom is 0.242 e. The van der Waals surface area contributed by atoms with E-state index in [0.29, 0.717) is 13.1 Å². The SMILES string of the molecule is CCN(CC(=O)N(C)Cc1cccc(OC)c1)c1ccccc1C. The Kier molecular flexibility index (Phi) is 6.24. The maximum atomic E-state index is 12.6. The smallest absolute Gasteiger partial charge is 0.242 e. The molecular formula is C20H26N2O2. The van der Waals surface area contributed by atoms with Crippen molar-refractivity contribution in [3.63, 3.8) is 0 Å². The number of amides is 1. The third-order valence-electron chi connectivity index (χ3n) is 4.14. The van der Waals surface area contributed by atoms with Gasteiger partial charge in [-0.3, -0.25) is 4.79 Å². The second kappa shape index (κ2) is 8.39. The van der Waals surface area contributed by atoms with Crippen LogP contribution in [0.2, 0.25) is 0 Å². The van der Waals surface area contributed by atoms with Crippen molar-refractivity contribution in [1.82, 2.24) is 4.90 Å². The van der Waals surface area contributed by atoms with E-state index in [9.17, 15) is 4.79 Å². The lowest BCUT2D eigenvalue weighted by Crippen LogP contribution is -2.38. The van der Waals surface area contributed by atoms with Gasteiger partial charge in [-0.25, -0.2) is 0 Å². The van der Waals surface area contributed by atoms with Gasteiger partial charge in [-0.15, -0.1) is 0 Å². The number of hydrogen-bond donors (Lipinski definition) is 0. The molecule has 0 saturated carbocycles. The maximum absolute atomic E-state index is 12.6. The van der Waals surface area contributed by atoms with Gasteiger partial charge in [0, 0.05) is 25.8 Å². The van der Waals surface area contributed by atoms with Crippen LogP contribution in [-0.4, -0.2) is 38.1 Å². The van der Waals surface area contributed by atoms with E-state index >= 15 is 0 Å². The summed E-state index contributed by atoms with van der Waals surface area (Å²) in [6.45, 7) is 5.89. The minimum atomic E-state index is 0.0999. The van der Waals surface area contributed by atoms with Crippen LogP contribution < -0.4 is 9.64 Å². The van der Waals surface area contributed by atoms with Crippen LogP contribution in [0.5, 0.6) is 5.75 Å². The number of aryl methyl sites for hydroxylation is 1. The Hall–Kier alpha value is -2.49. The van der Waals surface area contributed by atoms with Crippen LogP contribution in [0.15, 0.2) is 48.5 Å². The van der Waals surface area contributed by atoms with Crippen LogP contribution >= 0.6 is 0 Å². The molecule has 0 radical (unpaired) electrons. The van der Waals surface area contributed by atoms with Crippen LogP contribution in [0.3, 0.4) is 0 Å². The predicted molar refractivity (Wildman–Crippen MR) is 98.5 cm³/mol. The molecule has 0 spiro atoms.